The third-order valence-electron chi connectivity index (χ3n) is 1.96. The topological polar surface area (TPSA) is 23.8 Å². The fraction of sp³-hybridized carbons (Fsp3) is 0.900. The molecule has 64 valence electrons. The zero-order valence-corrected chi connectivity index (χ0v) is 7.77. The molecule has 0 bridgehead atoms. The maximum Gasteiger partial charge on any atom is 0.0652 e. The lowest BCUT2D eigenvalue weighted by Gasteiger charge is -2.00. The summed E-state index contributed by atoms with van der Waals surface area (Å²) in [6.45, 7) is 4.22. The minimum Gasteiger partial charge on any atom is -0.198 e. The zero-order chi connectivity index (χ0) is 8.53. The van der Waals surface area contributed by atoms with Gasteiger partial charge >= 0.3 is 0 Å². The first-order valence-corrected chi connectivity index (χ1v) is 4.70. The van der Waals surface area contributed by atoms with Crippen LogP contribution in [0.15, 0.2) is 0 Å². The smallest absolute Gasteiger partial charge is 0.0652 e. The first-order valence-electron chi connectivity index (χ1n) is 4.70. The largest absolute Gasteiger partial charge is 0.198 e. The Morgan fingerprint density at radius 2 is 1.82 bits per heavy atom. The second-order valence-electron chi connectivity index (χ2n) is 3.23. The van der Waals surface area contributed by atoms with E-state index >= 15 is 0 Å². The monoisotopic (exact) mass is 153 g/mol. The molecule has 1 heteroatoms. The van der Waals surface area contributed by atoms with Crippen molar-refractivity contribution >= 4 is 0 Å². The Bertz CT molecular complexity index is 113. The molecule has 0 spiro atoms. The van der Waals surface area contributed by atoms with Gasteiger partial charge in [-0.3, -0.25) is 0 Å². The SMILES string of the molecule is CCCCCCC[C@H](C)C#N. The van der Waals surface area contributed by atoms with Crippen LogP contribution < -0.4 is 0 Å². The lowest BCUT2D eigenvalue weighted by Crippen LogP contribution is -1.89. The molecule has 0 aromatic carbocycles. The van der Waals surface area contributed by atoms with Crippen molar-refractivity contribution in [1.29, 1.82) is 5.26 Å². The molecule has 0 aliphatic heterocycles. The molecule has 0 amide bonds. The van der Waals surface area contributed by atoms with Gasteiger partial charge in [0.1, 0.15) is 0 Å². The summed E-state index contributed by atoms with van der Waals surface area (Å²) in [6, 6.07) is 2.26. The van der Waals surface area contributed by atoms with Crippen LogP contribution >= 0.6 is 0 Å². The molecule has 0 rings (SSSR count). The summed E-state index contributed by atoms with van der Waals surface area (Å²) in [5.74, 6) is 0.261. The Labute approximate surface area is 70.4 Å². The minimum absolute atomic E-state index is 0.261. The lowest BCUT2D eigenvalue weighted by molar-refractivity contribution is 0.556. The maximum absolute atomic E-state index is 8.49. The van der Waals surface area contributed by atoms with Gasteiger partial charge in [-0.05, 0) is 13.3 Å². The summed E-state index contributed by atoms with van der Waals surface area (Å²) in [5.41, 5.74) is 0. The van der Waals surface area contributed by atoms with Crippen molar-refractivity contribution in [3.63, 3.8) is 0 Å². The Balaban J connectivity index is 2.97. The third kappa shape index (κ3) is 7.39. The number of unbranched alkanes of at least 4 members (excludes halogenated alkanes) is 4. The number of hydrogen-bond acceptors (Lipinski definition) is 1. The van der Waals surface area contributed by atoms with Crippen LogP contribution in [0, 0.1) is 17.2 Å². The highest BCUT2D eigenvalue weighted by molar-refractivity contribution is 4.77. The van der Waals surface area contributed by atoms with Gasteiger partial charge in [0.05, 0.1) is 6.07 Å². The highest BCUT2D eigenvalue weighted by Crippen LogP contribution is 2.09. The van der Waals surface area contributed by atoms with Gasteiger partial charge in [0.2, 0.25) is 0 Å². The lowest BCUT2D eigenvalue weighted by atomic mass is 10.0. The van der Waals surface area contributed by atoms with Crippen LogP contribution in [0.25, 0.3) is 0 Å². The quantitative estimate of drug-likeness (QED) is 0.536. The second-order valence-corrected chi connectivity index (χ2v) is 3.23. The standard InChI is InChI=1S/C10H19N/c1-3-4-5-6-7-8-10(2)9-11/h10H,3-8H2,1-2H3/t10-/m0/s1. The van der Waals surface area contributed by atoms with Gasteiger partial charge in [0, 0.05) is 5.92 Å². The van der Waals surface area contributed by atoms with Crippen LogP contribution in [0.5, 0.6) is 0 Å². The summed E-state index contributed by atoms with van der Waals surface area (Å²) in [5, 5.41) is 8.49. The van der Waals surface area contributed by atoms with Crippen molar-refractivity contribution in [3.05, 3.63) is 0 Å². The van der Waals surface area contributed by atoms with E-state index in [4.69, 9.17) is 5.26 Å². The van der Waals surface area contributed by atoms with E-state index in [0.29, 0.717) is 0 Å². The Hall–Kier alpha value is -0.510. The maximum atomic E-state index is 8.49. The molecular weight excluding hydrogens is 134 g/mol. The van der Waals surface area contributed by atoms with E-state index in [2.05, 4.69) is 13.0 Å². The van der Waals surface area contributed by atoms with Gasteiger partial charge < -0.3 is 0 Å². The van der Waals surface area contributed by atoms with Gasteiger partial charge in [0.25, 0.3) is 0 Å². The number of nitrogens with zero attached hydrogens (tertiary/aromatic N) is 1. The van der Waals surface area contributed by atoms with E-state index in [-0.39, 0.29) is 5.92 Å². The van der Waals surface area contributed by atoms with Gasteiger partial charge in [-0.25, -0.2) is 0 Å². The number of rotatable bonds is 6. The molecule has 0 unspecified atom stereocenters. The molecule has 0 saturated heterocycles. The predicted molar refractivity (Wildman–Crippen MR) is 48.2 cm³/mol. The molecule has 0 radical (unpaired) electrons. The van der Waals surface area contributed by atoms with Crippen molar-refractivity contribution in [2.45, 2.75) is 52.4 Å². The average molecular weight is 153 g/mol. The molecular formula is C10H19N. The van der Waals surface area contributed by atoms with Crippen LogP contribution in [0.2, 0.25) is 0 Å². The molecule has 0 aromatic rings. The van der Waals surface area contributed by atoms with Gasteiger partial charge in [-0.15, -0.1) is 0 Å². The molecule has 0 saturated carbocycles. The highest BCUT2D eigenvalue weighted by atomic mass is 14.3. The van der Waals surface area contributed by atoms with Crippen LogP contribution in [0.4, 0.5) is 0 Å². The summed E-state index contributed by atoms with van der Waals surface area (Å²) < 4.78 is 0. The number of nitriles is 1. The van der Waals surface area contributed by atoms with E-state index in [9.17, 15) is 0 Å². The van der Waals surface area contributed by atoms with Gasteiger partial charge in [0.15, 0.2) is 0 Å². The minimum atomic E-state index is 0.261. The molecule has 1 nitrogen and oxygen atoms in total. The predicted octanol–water partition coefficient (Wildman–Crippen LogP) is 3.51. The van der Waals surface area contributed by atoms with E-state index < -0.39 is 0 Å². The fourth-order valence-electron chi connectivity index (χ4n) is 1.12. The number of hydrogen-bond donors (Lipinski definition) is 0. The van der Waals surface area contributed by atoms with Crippen LogP contribution in [-0.2, 0) is 0 Å². The Morgan fingerprint density at radius 1 is 1.18 bits per heavy atom. The molecule has 0 fully saturated rings. The summed E-state index contributed by atoms with van der Waals surface area (Å²) in [6.07, 6.45) is 7.61. The van der Waals surface area contributed by atoms with E-state index in [1.54, 1.807) is 0 Å². The molecule has 0 N–H and O–H groups in total. The Morgan fingerprint density at radius 3 is 2.36 bits per heavy atom. The van der Waals surface area contributed by atoms with Crippen LogP contribution in [-0.4, -0.2) is 0 Å². The van der Waals surface area contributed by atoms with Crippen molar-refractivity contribution in [3.8, 4) is 6.07 Å². The van der Waals surface area contributed by atoms with E-state index in [0.717, 1.165) is 6.42 Å². The molecule has 0 aromatic heterocycles. The summed E-state index contributed by atoms with van der Waals surface area (Å²) in [7, 11) is 0. The molecule has 0 aliphatic carbocycles. The van der Waals surface area contributed by atoms with Gasteiger partial charge in [-0.2, -0.15) is 5.26 Å². The van der Waals surface area contributed by atoms with E-state index in [1.807, 2.05) is 6.92 Å². The molecule has 0 aliphatic rings. The fourth-order valence-corrected chi connectivity index (χ4v) is 1.12. The summed E-state index contributed by atoms with van der Waals surface area (Å²) >= 11 is 0. The molecule has 0 heterocycles. The van der Waals surface area contributed by atoms with Crippen molar-refractivity contribution < 1.29 is 0 Å². The van der Waals surface area contributed by atoms with Crippen molar-refractivity contribution in [2.24, 2.45) is 5.92 Å². The zero-order valence-electron chi connectivity index (χ0n) is 7.77. The summed E-state index contributed by atoms with van der Waals surface area (Å²) in [4.78, 5) is 0. The van der Waals surface area contributed by atoms with Crippen LogP contribution in [0.1, 0.15) is 52.4 Å². The molecule has 11 heavy (non-hydrogen) atoms. The molecule has 1 atom stereocenters. The van der Waals surface area contributed by atoms with Gasteiger partial charge in [-0.1, -0.05) is 39.0 Å². The first-order chi connectivity index (χ1) is 5.31. The average Bonchev–Trinajstić information content (AvgIpc) is 2.04. The highest BCUT2D eigenvalue weighted by Gasteiger charge is 1.97. The van der Waals surface area contributed by atoms with Crippen LogP contribution in [0.3, 0.4) is 0 Å². The first kappa shape index (κ1) is 10.5. The van der Waals surface area contributed by atoms with E-state index in [1.165, 1.54) is 32.1 Å². The normalized spacial score (nSPS) is 12.5. The van der Waals surface area contributed by atoms with Crippen molar-refractivity contribution in [1.82, 2.24) is 0 Å². The second kappa shape index (κ2) is 7.60. The Kier molecular flexibility index (Phi) is 7.24. The third-order valence-corrected chi connectivity index (χ3v) is 1.96. The van der Waals surface area contributed by atoms with Crippen molar-refractivity contribution in [2.75, 3.05) is 0 Å².